The van der Waals surface area contributed by atoms with Crippen LogP contribution in [-0.2, 0) is 4.74 Å². The zero-order valence-corrected chi connectivity index (χ0v) is 14.0. The molecule has 1 fully saturated rings. The lowest BCUT2D eigenvalue weighted by Gasteiger charge is -2.30. The number of carbonyl (C=O) groups excluding carboxylic acids is 2. The SMILES string of the molecule is CC(C(=O)c1ccc2c(c1)OCO2)N(C)C(=O)OCCN1CCC1. The Bertz CT molecular complexity index is 629. The van der Waals surface area contributed by atoms with E-state index in [1.54, 1.807) is 32.2 Å². The second-order valence-electron chi connectivity index (χ2n) is 6.03. The van der Waals surface area contributed by atoms with E-state index < -0.39 is 12.1 Å². The highest BCUT2D eigenvalue weighted by Crippen LogP contribution is 2.32. The summed E-state index contributed by atoms with van der Waals surface area (Å²) < 4.78 is 15.8. The maximum absolute atomic E-state index is 12.6. The second kappa shape index (κ2) is 7.09. The first kappa shape index (κ1) is 16.6. The molecule has 0 saturated carbocycles. The van der Waals surface area contributed by atoms with Gasteiger partial charge in [0, 0.05) is 19.2 Å². The Kier molecular flexibility index (Phi) is 4.89. The molecular formula is C17H22N2O5. The average Bonchev–Trinajstić information content (AvgIpc) is 3.02. The van der Waals surface area contributed by atoms with Crippen LogP contribution in [0.3, 0.4) is 0 Å². The maximum atomic E-state index is 12.6. The van der Waals surface area contributed by atoms with Gasteiger partial charge >= 0.3 is 6.09 Å². The van der Waals surface area contributed by atoms with Gasteiger partial charge in [-0.2, -0.15) is 0 Å². The number of rotatable bonds is 6. The first-order valence-corrected chi connectivity index (χ1v) is 8.12. The van der Waals surface area contributed by atoms with Crippen LogP contribution in [0.4, 0.5) is 4.79 Å². The molecule has 1 saturated heterocycles. The molecule has 0 radical (unpaired) electrons. The minimum absolute atomic E-state index is 0.159. The molecule has 2 aliphatic heterocycles. The Balaban J connectivity index is 1.54. The molecule has 7 heteroatoms. The van der Waals surface area contributed by atoms with E-state index >= 15 is 0 Å². The number of fused-ring (bicyclic) bond motifs is 1. The van der Waals surface area contributed by atoms with Crippen molar-refractivity contribution in [3.8, 4) is 11.5 Å². The Morgan fingerprint density at radius 1 is 1.29 bits per heavy atom. The van der Waals surface area contributed by atoms with Crippen molar-refractivity contribution in [2.24, 2.45) is 0 Å². The predicted octanol–water partition coefficient (Wildman–Crippen LogP) is 1.76. The molecule has 2 heterocycles. The van der Waals surface area contributed by atoms with Crippen LogP contribution in [0.25, 0.3) is 0 Å². The molecule has 7 nitrogen and oxygen atoms in total. The minimum atomic E-state index is -0.623. The van der Waals surface area contributed by atoms with Gasteiger partial charge in [0.05, 0.1) is 6.04 Å². The van der Waals surface area contributed by atoms with Gasteiger partial charge in [0.15, 0.2) is 17.3 Å². The number of nitrogens with zero attached hydrogens (tertiary/aromatic N) is 2. The van der Waals surface area contributed by atoms with Crippen LogP contribution in [0.5, 0.6) is 11.5 Å². The molecule has 0 aliphatic carbocycles. The van der Waals surface area contributed by atoms with Crippen molar-refractivity contribution in [3.05, 3.63) is 23.8 Å². The number of Topliss-reactive ketones (excluding diaryl/α,β-unsaturated/α-hetero) is 1. The van der Waals surface area contributed by atoms with Gasteiger partial charge in [-0.05, 0) is 44.6 Å². The van der Waals surface area contributed by atoms with E-state index in [1.807, 2.05) is 0 Å². The molecule has 0 N–H and O–H groups in total. The van der Waals surface area contributed by atoms with Gasteiger partial charge in [0.25, 0.3) is 0 Å². The van der Waals surface area contributed by atoms with E-state index in [0.717, 1.165) is 19.6 Å². The van der Waals surface area contributed by atoms with Crippen molar-refractivity contribution >= 4 is 11.9 Å². The monoisotopic (exact) mass is 334 g/mol. The van der Waals surface area contributed by atoms with Crippen LogP contribution < -0.4 is 9.47 Å². The zero-order valence-electron chi connectivity index (χ0n) is 14.0. The molecule has 1 unspecified atom stereocenters. The molecule has 0 spiro atoms. The average molecular weight is 334 g/mol. The van der Waals surface area contributed by atoms with E-state index in [-0.39, 0.29) is 12.6 Å². The number of likely N-dealkylation sites (N-methyl/N-ethyl adjacent to an activating group) is 1. The predicted molar refractivity (Wildman–Crippen MR) is 86.5 cm³/mol. The number of carbonyl (C=O) groups is 2. The van der Waals surface area contributed by atoms with Gasteiger partial charge < -0.3 is 19.1 Å². The molecule has 24 heavy (non-hydrogen) atoms. The Morgan fingerprint density at radius 2 is 2.04 bits per heavy atom. The minimum Gasteiger partial charge on any atom is -0.454 e. The number of amides is 1. The van der Waals surface area contributed by atoms with Gasteiger partial charge in [-0.1, -0.05) is 0 Å². The zero-order chi connectivity index (χ0) is 17.1. The first-order chi connectivity index (χ1) is 11.6. The highest BCUT2D eigenvalue weighted by Gasteiger charge is 2.26. The van der Waals surface area contributed by atoms with Gasteiger partial charge in [-0.25, -0.2) is 4.79 Å². The summed E-state index contributed by atoms with van der Waals surface area (Å²) in [5, 5.41) is 0. The molecular weight excluding hydrogens is 312 g/mol. The number of likely N-dealkylation sites (tertiary alicyclic amines) is 1. The summed E-state index contributed by atoms with van der Waals surface area (Å²) in [5.74, 6) is 1.00. The Hall–Kier alpha value is -2.28. The largest absolute Gasteiger partial charge is 0.454 e. The molecule has 1 atom stereocenters. The van der Waals surface area contributed by atoms with E-state index in [2.05, 4.69) is 4.90 Å². The molecule has 3 rings (SSSR count). The summed E-state index contributed by atoms with van der Waals surface area (Å²) in [6.45, 7) is 5.05. The molecule has 1 aromatic rings. The second-order valence-corrected chi connectivity index (χ2v) is 6.03. The smallest absolute Gasteiger partial charge is 0.410 e. The maximum Gasteiger partial charge on any atom is 0.410 e. The summed E-state index contributed by atoms with van der Waals surface area (Å²) in [6, 6.07) is 4.40. The van der Waals surface area contributed by atoms with Crippen molar-refractivity contribution in [3.63, 3.8) is 0 Å². The van der Waals surface area contributed by atoms with Crippen LogP contribution in [0.15, 0.2) is 18.2 Å². The number of benzene rings is 1. The van der Waals surface area contributed by atoms with Gasteiger partial charge in [-0.15, -0.1) is 0 Å². The summed E-state index contributed by atoms with van der Waals surface area (Å²) >= 11 is 0. The standard InChI is InChI=1S/C17H22N2O5/c1-12(18(2)17(21)22-9-8-19-6-3-7-19)16(20)13-4-5-14-15(10-13)24-11-23-14/h4-5,10,12H,3,6-9,11H2,1-2H3. The third-order valence-electron chi connectivity index (χ3n) is 4.49. The fourth-order valence-corrected chi connectivity index (χ4v) is 2.59. The number of hydrogen-bond donors (Lipinski definition) is 0. The first-order valence-electron chi connectivity index (χ1n) is 8.12. The number of hydrogen-bond acceptors (Lipinski definition) is 6. The molecule has 130 valence electrons. The van der Waals surface area contributed by atoms with E-state index in [0.29, 0.717) is 23.7 Å². The molecule has 0 aromatic heterocycles. The molecule has 1 amide bonds. The van der Waals surface area contributed by atoms with Crippen molar-refractivity contribution < 1.29 is 23.8 Å². The Labute approximate surface area is 141 Å². The molecule has 2 aliphatic rings. The summed E-state index contributed by atoms with van der Waals surface area (Å²) in [4.78, 5) is 28.2. The lowest BCUT2D eigenvalue weighted by Crippen LogP contribution is -2.43. The highest BCUT2D eigenvalue weighted by atomic mass is 16.7. The number of ketones is 1. The van der Waals surface area contributed by atoms with E-state index in [1.165, 1.54) is 11.3 Å². The third-order valence-corrected chi connectivity index (χ3v) is 4.49. The fourth-order valence-electron chi connectivity index (χ4n) is 2.59. The van der Waals surface area contributed by atoms with E-state index in [9.17, 15) is 9.59 Å². The summed E-state index contributed by atoms with van der Waals surface area (Å²) in [7, 11) is 1.57. The number of ether oxygens (including phenoxy) is 3. The van der Waals surface area contributed by atoms with Crippen LogP contribution in [0, 0.1) is 0 Å². The van der Waals surface area contributed by atoms with Crippen LogP contribution >= 0.6 is 0 Å². The highest BCUT2D eigenvalue weighted by molar-refractivity contribution is 6.01. The lowest BCUT2D eigenvalue weighted by atomic mass is 10.0. The van der Waals surface area contributed by atoms with Crippen molar-refractivity contribution in [2.45, 2.75) is 19.4 Å². The van der Waals surface area contributed by atoms with Crippen molar-refractivity contribution in [1.29, 1.82) is 0 Å². The lowest BCUT2D eigenvalue weighted by molar-refractivity contribution is 0.0672. The van der Waals surface area contributed by atoms with Gasteiger partial charge in [0.1, 0.15) is 6.61 Å². The fraction of sp³-hybridized carbons (Fsp3) is 0.529. The Morgan fingerprint density at radius 3 is 2.75 bits per heavy atom. The third kappa shape index (κ3) is 3.46. The molecule has 0 bridgehead atoms. The quantitative estimate of drug-likeness (QED) is 0.739. The van der Waals surface area contributed by atoms with Crippen molar-refractivity contribution in [2.75, 3.05) is 40.1 Å². The van der Waals surface area contributed by atoms with Crippen LogP contribution in [0.1, 0.15) is 23.7 Å². The molecule has 1 aromatic carbocycles. The van der Waals surface area contributed by atoms with Crippen molar-refractivity contribution in [1.82, 2.24) is 9.80 Å². The van der Waals surface area contributed by atoms with Gasteiger partial charge in [0.2, 0.25) is 6.79 Å². The summed E-state index contributed by atoms with van der Waals surface area (Å²) in [5.41, 5.74) is 0.479. The van der Waals surface area contributed by atoms with Crippen LogP contribution in [-0.4, -0.2) is 67.8 Å². The van der Waals surface area contributed by atoms with E-state index in [4.69, 9.17) is 14.2 Å². The normalized spacial score (nSPS) is 17.1. The summed E-state index contributed by atoms with van der Waals surface area (Å²) in [6.07, 6.45) is 0.715. The van der Waals surface area contributed by atoms with Gasteiger partial charge in [-0.3, -0.25) is 9.69 Å². The topological polar surface area (TPSA) is 68.3 Å². The van der Waals surface area contributed by atoms with Crippen LogP contribution in [0.2, 0.25) is 0 Å².